The molecule has 0 aliphatic carbocycles. The average molecular weight is 248 g/mol. The maximum atomic E-state index is 11.8. The van der Waals surface area contributed by atoms with Crippen LogP contribution in [0, 0.1) is 0 Å². The zero-order valence-electron chi connectivity index (χ0n) is 10.3. The van der Waals surface area contributed by atoms with Crippen LogP contribution in [0.3, 0.4) is 0 Å². The van der Waals surface area contributed by atoms with Gasteiger partial charge in [-0.1, -0.05) is 0 Å². The van der Waals surface area contributed by atoms with Crippen LogP contribution in [0.25, 0.3) is 0 Å². The highest BCUT2D eigenvalue weighted by atomic mass is 16.7. The number of nitrogens with one attached hydrogen (secondary N) is 1. The third kappa shape index (κ3) is 3.07. The third-order valence-corrected chi connectivity index (χ3v) is 2.77. The number of hydrogen-bond acceptors (Lipinski definition) is 3. The number of ketones is 1. The highest BCUT2D eigenvalue weighted by Crippen LogP contribution is 2.12. The van der Waals surface area contributed by atoms with Gasteiger partial charge in [0.2, 0.25) is 0 Å². The van der Waals surface area contributed by atoms with E-state index >= 15 is 0 Å². The monoisotopic (exact) mass is 248 g/mol. The number of anilines is 1. The summed E-state index contributed by atoms with van der Waals surface area (Å²) in [6, 6.07) is 6.52. The molecule has 1 heterocycles. The molecule has 0 radical (unpaired) electrons. The number of benzene rings is 1. The highest BCUT2D eigenvalue weighted by Gasteiger charge is 2.17. The number of Topliss-reactive ketones (excluding diaryl/α,β-unsaturated/α-hetero) is 1. The third-order valence-electron chi connectivity index (χ3n) is 2.77. The zero-order chi connectivity index (χ0) is 13.0. The van der Waals surface area contributed by atoms with Crippen molar-refractivity contribution in [2.75, 3.05) is 18.5 Å². The predicted octanol–water partition coefficient (Wildman–Crippen LogP) is 2.45. The molecule has 0 unspecified atom stereocenters. The number of hydroxylamine groups is 2. The molecule has 0 aromatic heterocycles. The van der Waals surface area contributed by atoms with Gasteiger partial charge >= 0.3 is 6.03 Å². The fourth-order valence-corrected chi connectivity index (χ4v) is 1.73. The predicted molar refractivity (Wildman–Crippen MR) is 67.4 cm³/mol. The van der Waals surface area contributed by atoms with Crippen LogP contribution in [0.1, 0.15) is 30.1 Å². The van der Waals surface area contributed by atoms with Crippen LogP contribution < -0.4 is 5.32 Å². The summed E-state index contributed by atoms with van der Waals surface area (Å²) in [4.78, 5) is 28.2. The summed E-state index contributed by atoms with van der Waals surface area (Å²) in [5.74, 6) is 0.00670. The van der Waals surface area contributed by atoms with Crippen molar-refractivity contribution < 1.29 is 14.4 Å². The molecule has 2 amide bonds. The van der Waals surface area contributed by atoms with Crippen LogP contribution in [-0.2, 0) is 4.84 Å². The van der Waals surface area contributed by atoms with Crippen LogP contribution in [0.15, 0.2) is 24.3 Å². The second kappa shape index (κ2) is 5.64. The summed E-state index contributed by atoms with van der Waals surface area (Å²) in [6.07, 6.45) is 1.94. The summed E-state index contributed by atoms with van der Waals surface area (Å²) in [6.45, 7) is 2.70. The minimum absolute atomic E-state index is 0.00670. The minimum atomic E-state index is -0.273. The quantitative estimate of drug-likeness (QED) is 0.818. The van der Waals surface area contributed by atoms with Crippen LogP contribution >= 0.6 is 0 Å². The normalized spacial score (nSPS) is 15.3. The van der Waals surface area contributed by atoms with Crippen molar-refractivity contribution in [2.45, 2.75) is 19.8 Å². The van der Waals surface area contributed by atoms with Gasteiger partial charge in [-0.3, -0.25) is 9.63 Å². The Morgan fingerprint density at radius 3 is 2.50 bits per heavy atom. The zero-order valence-corrected chi connectivity index (χ0v) is 10.3. The molecule has 1 N–H and O–H groups in total. The van der Waals surface area contributed by atoms with Crippen molar-refractivity contribution in [2.24, 2.45) is 0 Å². The highest BCUT2D eigenvalue weighted by molar-refractivity contribution is 5.95. The lowest BCUT2D eigenvalue weighted by atomic mass is 10.1. The smallest absolute Gasteiger partial charge is 0.306 e. The van der Waals surface area contributed by atoms with E-state index in [0.717, 1.165) is 12.8 Å². The van der Waals surface area contributed by atoms with Crippen molar-refractivity contribution in [3.63, 3.8) is 0 Å². The molecule has 1 aliphatic rings. The lowest BCUT2D eigenvalue weighted by Crippen LogP contribution is -2.38. The maximum absolute atomic E-state index is 11.8. The van der Waals surface area contributed by atoms with Gasteiger partial charge in [-0.2, -0.15) is 0 Å². The van der Waals surface area contributed by atoms with E-state index in [9.17, 15) is 9.59 Å². The van der Waals surface area contributed by atoms with Gasteiger partial charge in [0.25, 0.3) is 0 Å². The first kappa shape index (κ1) is 12.6. The average Bonchev–Trinajstić information content (AvgIpc) is 2.40. The molecular weight excluding hydrogens is 232 g/mol. The Bertz CT molecular complexity index is 436. The van der Waals surface area contributed by atoms with E-state index in [1.54, 1.807) is 24.3 Å². The molecule has 5 nitrogen and oxygen atoms in total. The van der Waals surface area contributed by atoms with E-state index in [2.05, 4.69) is 5.32 Å². The van der Waals surface area contributed by atoms with Crippen LogP contribution in [0.4, 0.5) is 10.5 Å². The van der Waals surface area contributed by atoms with Gasteiger partial charge in [-0.25, -0.2) is 9.86 Å². The van der Waals surface area contributed by atoms with Crippen LogP contribution in [0.2, 0.25) is 0 Å². The number of amides is 2. The Morgan fingerprint density at radius 1 is 1.22 bits per heavy atom. The molecule has 96 valence electrons. The Kier molecular flexibility index (Phi) is 3.94. The van der Waals surface area contributed by atoms with E-state index < -0.39 is 0 Å². The van der Waals surface area contributed by atoms with Gasteiger partial charge in [0.15, 0.2) is 5.78 Å². The lowest BCUT2D eigenvalue weighted by Gasteiger charge is -2.25. The Balaban J connectivity index is 1.96. The molecule has 5 heteroatoms. The molecule has 1 aromatic carbocycles. The summed E-state index contributed by atoms with van der Waals surface area (Å²) in [7, 11) is 0. The van der Waals surface area contributed by atoms with E-state index in [-0.39, 0.29) is 11.8 Å². The standard InChI is InChI=1S/C13H16N2O3/c1-10(16)11-4-6-12(7-5-11)14-13(17)15-8-2-3-9-18-15/h4-7H,2-3,8-9H2,1H3,(H,14,17). The van der Waals surface area contributed by atoms with E-state index in [1.807, 2.05) is 0 Å². The number of carbonyl (C=O) groups is 2. The molecule has 1 aromatic rings. The van der Waals surface area contributed by atoms with Crippen LogP contribution in [-0.4, -0.2) is 30.0 Å². The van der Waals surface area contributed by atoms with Gasteiger partial charge in [0, 0.05) is 11.3 Å². The minimum Gasteiger partial charge on any atom is -0.306 e. The second-order valence-corrected chi connectivity index (χ2v) is 4.21. The fraction of sp³-hybridized carbons (Fsp3) is 0.385. The molecule has 2 rings (SSSR count). The number of carbonyl (C=O) groups excluding carboxylic acids is 2. The topological polar surface area (TPSA) is 58.6 Å². The molecule has 1 saturated heterocycles. The first-order valence-corrected chi connectivity index (χ1v) is 5.99. The number of urea groups is 1. The summed E-state index contributed by atoms with van der Waals surface area (Å²) >= 11 is 0. The fourth-order valence-electron chi connectivity index (χ4n) is 1.73. The van der Waals surface area contributed by atoms with Gasteiger partial charge in [-0.05, 0) is 44.0 Å². The SMILES string of the molecule is CC(=O)c1ccc(NC(=O)N2CCCCO2)cc1. The summed E-state index contributed by atoms with van der Waals surface area (Å²) in [5, 5.41) is 4.06. The summed E-state index contributed by atoms with van der Waals surface area (Å²) < 4.78 is 0. The van der Waals surface area contributed by atoms with Gasteiger partial charge in [0.05, 0.1) is 13.2 Å². The largest absolute Gasteiger partial charge is 0.345 e. The number of nitrogens with zero attached hydrogens (tertiary/aromatic N) is 1. The number of rotatable bonds is 2. The van der Waals surface area contributed by atoms with Gasteiger partial charge in [-0.15, -0.1) is 0 Å². The van der Waals surface area contributed by atoms with E-state index in [1.165, 1.54) is 12.0 Å². The van der Waals surface area contributed by atoms with Crippen molar-refractivity contribution in [1.29, 1.82) is 0 Å². The van der Waals surface area contributed by atoms with Gasteiger partial charge < -0.3 is 5.32 Å². The van der Waals surface area contributed by atoms with Crippen molar-refractivity contribution >= 4 is 17.5 Å². The van der Waals surface area contributed by atoms with Crippen molar-refractivity contribution in [1.82, 2.24) is 5.06 Å². The molecule has 0 spiro atoms. The molecule has 1 aliphatic heterocycles. The van der Waals surface area contributed by atoms with Crippen LogP contribution in [0.5, 0.6) is 0 Å². The molecule has 18 heavy (non-hydrogen) atoms. The Morgan fingerprint density at radius 2 is 1.94 bits per heavy atom. The molecule has 0 bridgehead atoms. The Labute approximate surface area is 106 Å². The molecule has 1 fully saturated rings. The van der Waals surface area contributed by atoms with Gasteiger partial charge in [0.1, 0.15) is 0 Å². The first-order valence-electron chi connectivity index (χ1n) is 5.99. The molecular formula is C13H16N2O3. The Hall–Kier alpha value is -1.88. The lowest BCUT2D eigenvalue weighted by molar-refractivity contribution is -0.135. The first-order chi connectivity index (χ1) is 8.66. The molecule has 0 atom stereocenters. The van der Waals surface area contributed by atoms with Crippen molar-refractivity contribution in [3.05, 3.63) is 29.8 Å². The van der Waals surface area contributed by atoms with E-state index in [0.29, 0.717) is 24.4 Å². The maximum Gasteiger partial charge on any atom is 0.345 e. The van der Waals surface area contributed by atoms with E-state index in [4.69, 9.17) is 4.84 Å². The number of hydrogen-bond donors (Lipinski definition) is 1. The molecule has 0 saturated carbocycles. The summed E-state index contributed by atoms with van der Waals surface area (Å²) in [5.41, 5.74) is 1.28. The van der Waals surface area contributed by atoms with Crippen molar-refractivity contribution in [3.8, 4) is 0 Å². The second-order valence-electron chi connectivity index (χ2n) is 4.21.